The van der Waals surface area contributed by atoms with Crippen LogP contribution in [-0.2, 0) is 0 Å². The van der Waals surface area contributed by atoms with Crippen molar-refractivity contribution >= 4 is 27.0 Å². The zero-order valence-electron chi connectivity index (χ0n) is 9.03. The quantitative estimate of drug-likeness (QED) is 0.750. The Morgan fingerprint density at radius 3 is 2.82 bits per heavy atom. The van der Waals surface area contributed by atoms with Gasteiger partial charge in [-0.15, -0.1) is 0 Å². The second-order valence-electron chi connectivity index (χ2n) is 3.78. The number of rotatable bonds is 1. The van der Waals surface area contributed by atoms with Gasteiger partial charge in [0.05, 0.1) is 11.0 Å². The molecule has 0 fully saturated rings. The maximum absolute atomic E-state index is 11.9. The van der Waals surface area contributed by atoms with Crippen molar-refractivity contribution in [3.63, 3.8) is 0 Å². The number of hydrogen-bond donors (Lipinski definition) is 1. The van der Waals surface area contributed by atoms with Gasteiger partial charge in [0.25, 0.3) is 0 Å². The van der Waals surface area contributed by atoms with Crippen LogP contribution in [-0.4, -0.2) is 9.55 Å². The molecule has 0 spiro atoms. The van der Waals surface area contributed by atoms with E-state index in [1.165, 1.54) is 4.57 Å². The molecule has 17 heavy (non-hydrogen) atoms. The third-order valence-corrected chi connectivity index (χ3v) is 3.27. The average molecular weight is 293 g/mol. The monoisotopic (exact) mass is 292 g/mol. The van der Waals surface area contributed by atoms with Crippen LogP contribution in [0.1, 0.15) is 5.76 Å². The molecule has 0 amide bonds. The molecular weight excluding hydrogens is 284 g/mol. The van der Waals surface area contributed by atoms with Gasteiger partial charge in [0.15, 0.2) is 0 Å². The summed E-state index contributed by atoms with van der Waals surface area (Å²) < 4.78 is 7.86. The molecule has 1 N–H and O–H groups in total. The highest BCUT2D eigenvalue weighted by molar-refractivity contribution is 9.10. The first-order valence-corrected chi connectivity index (χ1v) is 5.92. The number of imidazole rings is 1. The highest BCUT2D eigenvalue weighted by Crippen LogP contribution is 2.23. The Hall–Kier alpha value is -1.75. The van der Waals surface area contributed by atoms with Crippen molar-refractivity contribution in [3.8, 4) is 5.88 Å². The highest BCUT2D eigenvalue weighted by atomic mass is 79.9. The first kappa shape index (κ1) is 10.4. The summed E-state index contributed by atoms with van der Waals surface area (Å²) >= 11 is 3.41. The van der Waals surface area contributed by atoms with Crippen molar-refractivity contribution in [3.05, 3.63) is 51.0 Å². The summed E-state index contributed by atoms with van der Waals surface area (Å²) in [5.74, 6) is 1.30. The van der Waals surface area contributed by atoms with Gasteiger partial charge in [-0.1, -0.05) is 6.07 Å². The van der Waals surface area contributed by atoms with Crippen LogP contribution in [0.4, 0.5) is 0 Å². The Bertz CT molecular complexity index is 751. The molecule has 0 saturated heterocycles. The predicted octanol–water partition coefficient (Wildman–Crippen LogP) is 2.98. The van der Waals surface area contributed by atoms with Gasteiger partial charge in [-0.25, -0.2) is 9.36 Å². The molecule has 0 aliphatic rings. The molecule has 0 unspecified atom stereocenters. The molecule has 0 atom stereocenters. The minimum atomic E-state index is -0.207. The maximum Gasteiger partial charge on any atom is 0.333 e. The summed E-state index contributed by atoms with van der Waals surface area (Å²) in [6.45, 7) is 1.85. The summed E-state index contributed by atoms with van der Waals surface area (Å²) in [7, 11) is 0. The Morgan fingerprint density at radius 2 is 2.12 bits per heavy atom. The molecule has 5 heteroatoms. The van der Waals surface area contributed by atoms with Crippen LogP contribution in [0, 0.1) is 6.92 Å². The van der Waals surface area contributed by atoms with Gasteiger partial charge in [0.2, 0.25) is 5.88 Å². The van der Waals surface area contributed by atoms with E-state index in [2.05, 4.69) is 20.9 Å². The third-order valence-electron chi connectivity index (χ3n) is 2.61. The Kier molecular flexibility index (Phi) is 2.22. The van der Waals surface area contributed by atoms with Crippen LogP contribution in [0.25, 0.3) is 16.9 Å². The van der Waals surface area contributed by atoms with Crippen LogP contribution in [0.5, 0.6) is 0 Å². The molecule has 0 saturated carbocycles. The van der Waals surface area contributed by atoms with E-state index in [9.17, 15) is 4.79 Å². The Balaban J connectivity index is 2.40. The molecule has 3 rings (SSSR count). The molecule has 0 aliphatic carbocycles. The van der Waals surface area contributed by atoms with Crippen molar-refractivity contribution in [2.24, 2.45) is 0 Å². The van der Waals surface area contributed by atoms with E-state index in [1.807, 2.05) is 31.2 Å². The van der Waals surface area contributed by atoms with Crippen LogP contribution >= 0.6 is 15.9 Å². The van der Waals surface area contributed by atoms with Crippen molar-refractivity contribution in [1.29, 1.82) is 0 Å². The van der Waals surface area contributed by atoms with E-state index in [0.29, 0.717) is 5.88 Å². The maximum atomic E-state index is 11.9. The van der Waals surface area contributed by atoms with Crippen molar-refractivity contribution in [1.82, 2.24) is 9.55 Å². The summed E-state index contributed by atoms with van der Waals surface area (Å²) in [4.78, 5) is 14.7. The number of aromatic amines is 1. The van der Waals surface area contributed by atoms with E-state index in [4.69, 9.17) is 4.42 Å². The largest absolute Gasteiger partial charge is 0.445 e. The number of nitrogens with one attached hydrogen (secondary N) is 1. The van der Waals surface area contributed by atoms with Crippen LogP contribution in [0.3, 0.4) is 0 Å². The van der Waals surface area contributed by atoms with Gasteiger partial charge in [-0.2, -0.15) is 0 Å². The van der Waals surface area contributed by atoms with E-state index in [-0.39, 0.29) is 5.69 Å². The molecule has 0 aliphatic heterocycles. The number of para-hydroxylation sites is 1. The molecule has 2 aromatic heterocycles. The van der Waals surface area contributed by atoms with Gasteiger partial charge in [-0.05, 0) is 41.1 Å². The summed E-state index contributed by atoms with van der Waals surface area (Å²) in [5, 5.41) is 0. The number of H-pyrrole nitrogens is 1. The first-order chi connectivity index (χ1) is 8.16. The molecule has 0 bridgehead atoms. The van der Waals surface area contributed by atoms with Gasteiger partial charge < -0.3 is 9.40 Å². The van der Waals surface area contributed by atoms with Gasteiger partial charge in [0, 0.05) is 10.5 Å². The number of fused-ring (bicyclic) bond motifs is 1. The average Bonchev–Trinajstić information content (AvgIpc) is 2.82. The molecule has 2 heterocycles. The number of halogens is 1. The van der Waals surface area contributed by atoms with Gasteiger partial charge in [-0.3, -0.25) is 0 Å². The van der Waals surface area contributed by atoms with E-state index < -0.39 is 0 Å². The van der Waals surface area contributed by atoms with Gasteiger partial charge >= 0.3 is 5.69 Å². The minimum absolute atomic E-state index is 0.207. The Morgan fingerprint density at radius 1 is 1.29 bits per heavy atom. The third kappa shape index (κ3) is 1.54. The minimum Gasteiger partial charge on any atom is -0.445 e. The molecule has 0 radical (unpaired) electrons. The van der Waals surface area contributed by atoms with E-state index in [0.717, 1.165) is 21.3 Å². The first-order valence-electron chi connectivity index (χ1n) is 5.13. The van der Waals surface area contributed by atoms with E-state index in [1.54, 1.807) is 6.07 Å². The number of furan rings is 1. The lowest BCUT2D eigenvalue weighted by atomic mass is 10.3. The number of benzene rings is 1. The van der Waals surface area contributed by atoms with Gasteiger partial charge in [0.1, 0.15) is 5.76 Å². The zero-order chi connectivity index (χ0) is 12.0. The van der Waals surface area contributed by atoms with Crippen molar-refractivity contribution in [2.75, 3.05) is 0 Å². The summed E-state index contributed by atoms with van der Waals surface area (Å²) in [6, 6.07) is 9.25. The van der Waals surface area contributed by atoms with Crippen molar-refractivity contribution in [2.45, 2.75) is 6.92 Å². The second-order valence-corrected chi connectivity index (χ2v) is 4.64. The molecule has 86 valence electrons. The summed E-state index contributed by atoms with van der Waals surface area (Å²) in [5.41, 5.74) is 1.35. The second kappa shape index (κ2) is 3.63. The van der Waals surface area contributed by atoms with Crippen LogP contribution < -0.4 is 5.69 Å². The summed E-state index contributed by atoms with van der Waals surface area (Å²) in [6.07, 6.45) is 0. The fraction of sp³-hybridized carbons (Fsp3) is 0.0833. The lowest BCUT2D eigenvalue weighted by Crippen LogP contribution is -2.13. The van der Waals surface area contributed by atoms with E-state index >= 15 is 0 Å². The zero-order valence-corrected chi connectivity index (χ0v) is 10.6. The lowest BCUT2D eigenvalue weighted by Gasteiger charge is -1.98. The number of aryl methyl sites for hydroxylation is 1. The highest BCUT2D eigenvalue weighted by Gasteiger charge is 2.12. The molecule has 3 aromatic rings. The van der Waals surface area contributed by atoms with Crippen LogP contribution in [0.15, 0.2) is 44.0 Å². The molecule has 1 aromatic carbocycles. The predicted molar refractivity (Wildman–Crippen MR) is 68.6 cm³/mol. The number of hydrogen-bond acceptors (Lipinski definition) is 2. The SMILES string of the molecule is Cc1ccc(-n2c(=O)[nH]c3c(Br)cccc32)o1. The standard InChI is InChI=1S/C12H9BrN2O2/c1-7-5-6-10(17-7)15-9-4-2-3-8(13)11(9)14-12(15)16/h2-6H,1H3,(H,14,16). The number of nitrogens with zero attached hydrogens (tertiary/aromatic N) is 1. The Labute approximate surface area is 105 Å². The number of aromatic nitrogens is 2. The fourth-order valence-corrected chi connectivity index (χ4v) is 2.31. The smallest absolute Gasteiger partial charge is 0.333 e. The fourth-order valence-electron chi connectivity index (χ4n) is 1.86. The topological polar surface area (TPSA) is 50.9 Å². The van der Waals surface area contributed by atoms with Crippen LogP contribution in [0.2, 0.25) is 0 Å². The van der Waals surface area contributed by atoms with Crippen molar-refractivity contribution < 1.29 is 4.42 Å². The molecule has 4 nitrogen and oxygen atoms in total. The molecular formula is C12H9BrN2O2. The normalized spacial score (nSPS) is 11.2. The lowest BCUT2D eigenvalue weighted by molar-refractivity contribution is 0.510.